The second-order valence-corrected chi connectivity index (χ2v) is 10.6. The molecule has 0 bridgehead atoms. The number of ether oxygens (including phenoxy) is 2. The lowest BCUT2D eigenvalue weighted by molar-refractivity contribution is -0.132. The molecule has 0 fully saturated rings. The van der Waals surface area contributed by atoms with Gasteiger partial charge in [-0.05, 0) is 73.7 Å². The van der Waals surface area contributed by atoms with Crippen molar-refractivity contribution < 1.29 is 23.5 Å². The number of nitrogens with zero attached hydrogens (tertiary/aromatic N) is 2. The summed E-state index contributed by atoms with van der Waals surface area (Å²) in [6.07, 6.45) is 1.32. The van der Waals surface area contributed by atoms with Crippen LogP contribution in [0.3, 0.4) is 0 Å². The molecular formula is C30H36Cl2N2O5. The molecule has 0 aliphatic carbocycles. The molecule has 3 aromatic rings. The molecule has 0 aliphatic rings. The fourth-order valence-corrected chi connectivity index (χ4v) is 4.60. The Balaban J connectivity index is 1.83. The van der Waals surface area contributed by atoms with Crippen LogP contribution in [-0.2, 0) is 17.8 Å². The molecule has 2 aromatic carbocycles. The van der Waals surface area contributed by atoms with Gasteiger partial charge in [0, 0.05) is 18.1 Å². The van der Waals surface area contributed by atoms with Crippen molar-refractivity contribution in [2.45, 2.75) is 40.2 Å². The molecule has 39 heavy (non-hydrogen) atoms. The summed E-state index contributed by atoms with van der Waals surface area (Å²) in [5.41, 5.74) is 1.30. The number of methoxy groups -OCH3 is 2. The molecule has 0 saturated carbocycles. The van der Waals surface area contributed by atoms with Crippen LogP contribution in [0.15, 0.2) is 52.9 Å². The summed E-state index contributed by atoms with van der Waals surface area (Å²) >= 11 is 12.4. The summed E-state index contributed by atoms with van der Waals surface area (Å²) in [7, 11) is 3.18. The number of benzene rings is 2. The summed E-state index contributed by atoms with van der Waals surface area (Å²) < 4.78 is 16.5. The minimum atomic E-state index is -0.306. The van der Waals surface area contributed by atoms with Crippen LogP contribution < -0.4 is 9.47 Å². The van der Waals surface area contributed by atoms with E-state index in [0.29, 0.717) is 53.3 Å². The lowest BCUT2D eigenvalue weighted by Crippen LogP contribution is -2.44. The molecular weight excluding hydrogens is 539 g/mol. The molecule has 1 aromatic heterocycles. The number of rotatable bonds is 13. The Morgan fingerprint density at radius 2 is 1.67 bits per heavy atom. The third kappa shape index (κ3) is 8.67. The Labute approximate surface area is 240 Å². The van der Waals surface area contributed by atoms with E-state index in [2.05, 4.69) is 13.8 Å². The van der Waals surface area contributed by atoms with Gasteiger partial charge in [-0.3, -0.25) is 9.59 Å². The quantitative estimate of drug-likeness (QED) is 0.228. The zero-order chi connectivity index (χ0) is 28.5. The highest BCUT2D eigenvalue weighted by Gasteiger charge is 2.25. The van der Waals surface area contributed by atoms with Gasteiger partial charge < -0.3 is 23.7 Å². The lowest BCUT2D eigenvalue weighted by atomic mass is 10.1. The standard InChI is InChI=1S/C30H36Cl2N2O5/c1-20(2)12-14-34(30(36)25-10-8-23(31)17-26(25)32)19-29(35)33(18-24-9-6-21(3)39-24)15-13-22-7-11-27(37-4)28(16-22)38-5/h6-11,16-17,20H,12-15,18-19H2,1-5H3. The van der Waals surface area contributed by atoms with E-state index >= 15 is 0 Å². The first-order chi connectivity index (χ1) is 18.6. The molecule has 7 nitrogen and oxygen atoms in total. The number of carbonyl (C=O) groups is 2. The van der Waals surface area contributed by atoms with Crippen LogP contribution in [0.1, 0.15) is 47.7 Å². The maximum atomic E-state index is 13.7. The normalized spacial score (nSPS) is 11.0. The van der Waals surface area contributed by atoms with Crippen LogP contribution in [0.25, 0.3) is 0 Å². The van der Waals surface area contributed by atoms with Crippen molar-refractivity contribution in [2.75, 3.05) is 33.9 Å². The number of carbonyl (C=O) groups excluding carboxylic acids is 2. The van der Waals surface area contributed by atoms with Gasteiger partial charge in [0.05, 0.1) is 31.4 Å². The topological polar surface area (TPSA) is 72.2 Å². The maximum absolute atomic E-state index is 13.7. The first-order valence-electron chi connectivity index (χ1n) is 12.9. The smallest absolute Gasteiger partial charge is 0.255 e. The third-order valence-corrected chi connectivity index (χ3v) is 6.91. The Morgan fingerprint density at radius 1 is 0.923 bits per heavy atom. The minimum absolute atomic E-state index is 0.0872. The van der Waals surface area contributed by atoms with E-state index in [-0.39, 0.29) is 29.9 Å². The highest BCUT2D eigenvalue weighted by Crippen LogP contribution is 2.28. The predicted molar refractivity (Wildman–Crippen MR) is 154 cm³/mol. The van der Waals surface area contributed by atoms with Crippen LogP contribution in [-0.4, -0.2) is 55.5 Å². The van der Waals surface area contributed by atoms with Gasteiger partial charge in [-0.1, -0.05) is 43.1 Å². The first-order valence-corrected chi connectivity index (χ1v) is 13.6. The van der Waals surface area contributed by atoms with Gasteiger partial charge in [0.25, 0.3) is 5.91 Å². The lowest BCUT2D eigenvalue weighted by Gasteiger charge is -2.28. The zero-order valence-corrected chi connectivity index (χ0v) is 24.6. The van der Waals surface area contributed by atoms with Crippen LogP contribution in [0, 0.1) is 12.8 Å². The van der Waals surface area contributed by atoms with Gasteiger partial charge in [0.15, 0.2) is 11.5 Å². The predicted octanol–water partition coefficient (Wildman–Crippen LogP) is 6.67. The molecule has 0 spiro atoms. The molecule has 3 rings (SSSR count). The maximum Gasteiger partial charge on any atom is 0.255 e. The Bertz CT molecular complexity index is 1270. The molecule has 0 aliphatic heterocycles. The highest BCUT2D eigenvalue weighted by molar-refractivity contribution is 6.36. The number of aryl methyl sites for hydroxylation is 1. The second-order valence-electron chi connectivity index (χ2n) is 9.80. The number of halogens is 2. The van der Waals surface area contributed by atoms with Crippen molar-refractivity contribution in [3.05, 3.63) is 81.2 Å². The average Bonchev–Trinajstić information content (AvgIpc) is 3.32. The Kier molecular flexibility index (Phi) is 11.1. The fourth-order valence-electron chi connectivity index (χ4n) is 4.11. The Morgan fingerprint density at radius 3 is 2.28 bits per heavy atom. The van der Waals surface area contributed by atoms with Crippen LogP contribution in [0.4, 0.5) is 0 Å². The number of amides is 2. The second kappa shape index (κ2) is 14.3. The van der Waals surface area contributed by atoms with Crippen molar-refractivity contribution in [1.29, 1.82) is 0 Å². The van der Waals surface area contributed by atoms with Crippen molar-refractivity contribution >= 4 is 35.0 Å². The average molecular weight is 576 g/mol. The van der Waals surface area contributed by atoms with Crippen LogP contribution in [0.2, 0.25) is 10.0 Å². The summed E-state index contributed by atoms with van der Waals surface area (Å²) in [4.78, 5) is 30.5. The summed E-state index contributed by atoms with van der Waals surface area (Å²) in [6, 6.07) is 14.2. The van der Waals surface area contributed by atoms with Gasteiger partial charge in [0.1, 0.15) is 18.1 Å². The van der Waals surface area contributed by atoms with Gasteiger partial charge in [-0.15, -0.1) is 0 Å². The van der Waals surface area contributed by atoms with E-state index < -0.39 is 0 Å². The van der Waals surface area contributed by atoms with Gasteiger partial charge in [0.2, 0.25) is 5.91 Å². The van der Waals surface area contributed by atoms with Crippen LogP contribution in [0.5, 0.6) is 11.5 Å². The van der Waals surface area contributed by atoms with Gasteiger partial charge in [-0.2, -0.15) is 0 Å². The van der Waals surface area contributed by atoms with Crippen molar-refractivity contribution in [2.24, 2.45) is 5.92 Å². The first kappa shape index (κ1) is 30.4. The molecule has 1 heterocycles. The van der Waals surface area contributed by atoms with Crippen molar-refractivity contribution in [1.82, 2.24) is 9.80 Å². The van der Waals surface area contributed by atoms with Crippen molar-refractivity contribution in [3.8, 4) is 11.5 Å². The van der Waals surface area contributed by atoms with E-state index in [1.54, 1.807) is 36.2 Å². The zero-order valence-electron chi connectivity index (χ0n) is 23.1. The molecule has 0 unspecified atom stereocenters. The monoisotopic (exact) mass is 574 g/mol. The van der Waals surface area contributed by atoms with Crippen molar-refractivity contribution in [3.63, 3.8) is 0 Å². The van der Waals surface area contributed by atoms with Gasteiger partial charge >= 0.3 is 0 Å². The molecule has 0 N–H and O–H groups in total. The SMILES string of the molecule is COc1ccc(CCN(Cc2ccc(C)o2)C(=O)CN(CCC(C)C)C(=O)c2ccc(Cl)cc2Cl)cc1OC. The largest absolute Gasteiger partial charge is 0.493 e. The molecule has 0 saturated heterocycles. The fraction of sp³-hybridized carbons (Fsp3) is 0.400. The minimum Gasteiger partial charge on any atom is -0.493 e. The van der Waals surface area contributed by atoms with E-state index in [9.17, 15) is 9.59 Å². The summed E-state index contributed by atoms with van der Waals surface area (Å²) in [5.74, 6) is 2.56. The van der Waals surface area contributed by atoms with E-state index in [0.717, 1.165) is 17.7 Å². The highest BCUT2D eigenvalue weighted by atomic mass is 35.5. The van der Waals surface area contributed by atoms with Crippen LogP contribution >= 0.6 is 23.2 Å². The van der Waals surface area contributed by atoms with Gasteiger partial charge in [-0.25, -0.2) is 0 Å². The summed E-state index contributed by atoms with van der Waals surface area (Å²) in [5, 5.41) is 0.697. The molecule has 9 heteroatoms. The van der Waals surface area contributed by atoms with E-state index in [4.69, 9.17) is 37.1 Å². The number of hydrogen-bond acceptors (Lipinski definition) is 5. The third-order valence-electron chi connectivity index (χ3n) is 6.37. The number of hydrogen-bond donors (Lipinski definition) is 0. The Hall–Kier alpha value is -3.16. The molecule has 210 valence electrons. The molecule has 2 amide bonds. The molecule has 0 radical (unpaired) electrons. The van der Waals surface area contributed by atoms with E-state index in [1.165, 1.54) is 6.07 Å². The number of furan rings is 1. The van der Waals surface area contributed by atoms with E-state index in [1.807, 2.05) is 37.3 Å². The summed E-state index contributed by atoms with van der Waals surface area (Å²) in [6.45, 7) is 7.06. The molecule has 0 atom stereocenters.